The summed E-state index contributed by atoms with van der Waals surface area (Å²) in [7, 11) is 0. The number of carbonyl (C=O) groups is 3. The molecule has 0 aliphatic rings. The van der Waals surface area contributed by atoms with Crippen molar-refractivity contribution in [3.63, 3.8) is 0 Å². The summed E-state index contributed by atoms with van der Waals surface area (Å²) in [6.45, 7) is -1.10. The van der Waals surface area contributed by atoms with E-state index in [4.69, 9.17) is 40.3 Å². The summed E-state index contributed by atoms with van der Waals surface area (Å²) >= 11 is 0. The number of carboxylic acid groups (broad SMARTS) is 2. The Kier molecular flexibility index (Phi) is 12.8. The number of aromatic carboxylic acids is 2. The van der Waals surface area contributed by atoms with E-state index >= 15 is 0 Å². The van der Waals surface area contributed by atoms with Crippen molar-refractivity contribution in [1.82, 2.24) is 0 Å². The number of ether oxygens (including phenoxy) is 4. The number of esters is 1. The van der Waals surface area contributed by atoms with Crippen LogP contribution in [0, 0.1) is 24.7 Å². The summed E-state index contributed by atoms with van der Waals surface area (Å²) in [6.07, 6.45) is 11.7. The highest BCUT2D eigenvalue weighted by Crippen LogP contribution is 2.21. The second-order valence-electron chi connectivity index (χ2n) is 8.34. The van der Waals surface area contributed by atoms with Crippen LogP contribution >= 0.6 is 0 Å². The van der Waals surface area contributed by atoms with Gasteiger partial charge in [-0.2, -0.15) is 4.89 Å². The standard InChI is InChI=1S/C27H18O11.C6H6O/c1-2-33-21-9-11-23(26(30)31)24(15-21)27(32)36-17-38-37-16-18-14-20(8-10-22(18)25(28)29)35-13-12-34-19-6-4-3-5-7-19;7-6-4-2-1-3-5-6/h1,3-11,14-15H,16-17H2,(H,28,29)(H,30,31);1-5,7H. The molecule has 0 radical (unpaired) electrons. The number of phenols is 1. The molecule has 12 heteroatoms. The third-order valence-electron chi connectivity index (χ3n) is 5.34. The fraction of sp³-hybridized carbons (Fsp3) is 0.0606. The first-order chi connectivity index (χ1) is 21.8. The Labute approximate surface area is 256 Å². The Balaban J connectivity index is 0.000000693. The van der Waals surface area contributed by atoms with E-state index in [2.05, 4.69) is 12.2 Å². The number of hydrogen-bond acceptors (Lipinski definition) is 10. The topological polar surface area (TPSA) is 167 Å². The predicted molar refractivity (Wildman–Crippen MR) is 156 cm³/mol. The first-order valence-corrected chi connectivity index (χ1v) is 12.7. The number of phenolic OH excluding ortho intramolecular Hbond substituents is 1. The molecular formula is C33H24O12. The maximum Gasteiger partial charge on any atom is 0.341 e. The average molecular weight is 613 g/mol. The lowest BCUT2D eigenvalue weighted by molar-refractivity contribution is -0.335. The number of hydrogen-bond donors (Lipinski definition) is 3. The van der Waals surface area contributed by atoms with Crippen LogP contribution < -0.4 is 14.2 Å². The van der Waals surface area contributed by atoms with Gasteiger partial charge in [0.2, 0.25) is 6.79 Å². The molecule has 4 aromatic rings. The van der Waals surface area contributed by atoms with E-state index in [1.54, 1.807) is 48.5 Å². The highest BCUT2D eigenvalue weighted by atomic mass is 17.2. The summed E-state index contributed by atoms with van der Waals surface area (Å²) in [5.74, 6) is -2.55. The van der Waals surface area contributed by atoms with Crippen molar-refractivity contribution in [3.8, 4) is 47.7 Å². The highest BCUT2D eigenvalue weighted by Gasteiger charge is 2.19. The minimum absolute atomic E-state index is 0.0567. The van der Waals surface area contributed by atoms with Crippen LogP contribution in [0.25, 0.3) is 0 Å². The van der Waals surface area contributed by atoms with Gasteiger partial charge in [0, 0.05) is 0 Å². The normalized spacial score (nSPS) is 9.58. The Morgan fingerprint density at radius 2 is 1.22 bits per heavy atom. The molecule has 0 saturated carbocycles. The monoisotopic (exact) mass is 612 g/mol. The molecule has 0 aromatic heterocycles. The van der Waals surface area contributed by atoms with Crippen molar-refractivity contribution in [2.45, 2.75) is 6.61 Å². The zero-order chi connectivity index (χ0) is 32.4. The van der Waals surface area contributed by atoms with Gasteiger partial charge in [0.25, 0.3) is 0 Å². The minimum Gasteiger partial charge on any atom is -0.508 e. The van der Waals surface area contributed by atoms with Crippen LogP contribution in [0.3, 0.4) is 0 Å². The lowest BCUT2D eigenvalue weighted by Crippen LogP contribution is -2.14. The third-order valence-corrected chi connectivity index (χ3v) is 5.34. The van der Waals surface area contributed by atoms with Gasteiger partial charge in [0.05, 0.1) is 16.7 Å². The van der Waals surface area contributed by atoms with E-state index in [-0.39, 0.29) is 40.4 Å². The molecule has 0 fully saturated rings. The zero-order valence-corrected chi connectivity index (χ0v) is 23.2. The summed E-state index contributed by atoms with van der Waals surface area (Å²) < 4.78 is 20.1. The van der Waals surface area contributed by atoms with Gasteiger partial charge >= 0.3 is 17.9 Å². The van der Waals surface area contributed by atoms with Gasteiger partial charge in [0.1, 0.15) is 35.7 Å². The van der Waals surface area contributed by atoms with Crippen LogP contribution in [0.1, 0.15) is 36.6 Å². The Bertz CT molecular complexity index is 1700. The fourth-order valence-corrected chi connectivity index (χ4v) is 3.34. The van der Waals surface area contributed by atoms with Crippen LogP contribution in [-0.4, -0.2) is 40.0 Å². The van der Waals surface area contributed by atoms with E-state index in [0.717, 1.165) is 12.1 Å². The third kappa shape index (κ3) is 11.0. The molecule has 0 atom stereocenters. The van der Waals surface area contributed by atoms with Gasteiger partial charge in [-0.25, -0.2) is 19.3 Å². The maximum absolute atomic E-state index is 12.3. The van der Waals surface area contributed by atoms with Crippen LogP contribution in [0.5, 0.6) is 23.0 Å². The van der Waals surface area contributed by atoms with Crippen molar-refractivity contribution >= 4 is 17.9 Å². The number of carboxylic acids is 2. The van der Waals surface area contributed by atoms with E-state index in [0.29, 0.717) is 11.5 Å². The first-order valence-electron chi connectivity index (χ1n) is 12.7. The Morgan fingerprint density at radius 3 is 1.80 bits per heavy atom. The highest BCUT2D eigenvalue weighted by molar-refractivity contribution is 6.02. The van der Waals surface area contributed by atoms with Gasteiger partial charge in [-0.05, 0) is 66.2 Å². The molecule has 0 saturated heterocycles. The maximum atomic E-state index is 12.3. The Morgan fingerprint density at radius 1 is 0.644 bits per heavy atom. The molecule has 3 N–H and O–H groups in total. The lowest BCUT2D eigenvalue weighted by atomic mass is 10.1. The van der Waals surface area contributed by atoms with Crippen molar-refractivity contribution in [2.75, 3.05) is 6.79 Å². The van der Waals surface area contributed by atoms with Gasteiger partial charge < -0.3 is 34.3 Å². The number of aromatic hydroxyl groups is 1. The predicted octanol–water partition coefficient (Wildman–Crippen LogP) is 5.08. The van der Waals surface area contributed by atoms with E-state index < -0.39 is 24.7 Å². The molecule has 4 rings (SSSR count). The van der Waals surface area contributed by atoms with Crippen molar-refractivity contribution < 1.29 is 58.4 Å². The fourth-order valence-electron chi connectivity index (χ4n) is 3.34. The van der Waals surface area contributed by atoms with Crippen molar-refractivity contribution in [2.24, 2.45) is 0 Å². The van der Waals surface area contributed by atoms with E-state index in [1.807, 2.05) is 18.2 Å². The average Bonchev–Trinajstić information content (AvgIpc) is 3.04. The van der Waals surface area contributed by atoms with Crippen LogP contribution in [0.15, 0.2) is 97.1 Å². The first kappa shape index (κ1) is 33.0. The van der Waals surface area contributed by atoms with Crippen LogP contribution in [-0.2, 0) is 21.1 Å². The number of carbonyl (C=O) groups excluding carboxylic acids is 1. The summed E-state index contributed by atoms with van der Waals surface area (Å²) in [6, 6.07) is 25.1. The Hall–Kier alpha value is -6.47. The molecule has 228 valence electrons. The number of rotatable bonds is 11. The smallest absolute Gasteiger partial charge is 0.341 e. The molecule has 0 aliphatic carbocycles. The van der Waals surface area contributed by atoms with Gasteiger partial charge in [-0.15, -0.1) is 0 Å². The molecule has 4 aromatic carbocycles. The molecule has 0 spiro atoms. The number of para-hydroxylation sites is 2. The van der Waals surface area contributed by atoms with Gasteiger partial charge in [0.15, 0.2) is 12.2 Å². The minimum atomic E-state index is -1.37. The molecule has 0 bridgehead atoms. The summed E-state index contributed by atoms with van der Waals surface area (Å²) in [4.78, 5) is 45.0. The number of terminal acetylenes is 1. The molecule has 0 aliphatic heterocycles. The number of benzene rings is 4. The zero-order valence-electron chi connectivity index (χ0n) is 23.2. The second kappa shape index (κ2) is 17.5. The van der Waals surface area contributed by atoms with Gasteiger partial charge in [-0.3, -0.25) is 0 Å². The van der Waals surface area contributed by atoms with Crippen LogP contribution in [0.4, 0.5) is 0 Å². The molecular weight excluding hydrogens is 588 g/mol. The molecule has 0 heterocycles. The quantitative estimate of drug-likeness (QED) is 0.0514. The second-order valence-corrected chi connectivity index (χ2v) is 8.34. The van der Waals surface area contributed by atoms with Crippen molar-refractivity contribution in [1.29, 1.82) is 0 Å². The largest absolute Gasteiger partial charge is 0.508 e. The summed E-state index contributed by atoms with van der Waals surface area (Å²) in [5, 5.41) is 27.3. The molecule has 45 heavy (non-hydrogen) atoms. The van der Waals surface area contributed by atoms with E-state index in [9.17, 15) is 24.6 Å². The molecule has 12 nitrogen and oxygen atoms in total. The lowest BCUT2D eigenvalue weighted by Gasteiger charge is -2.10. The summed E-state index contributed by atoms with van der Waals surface area (Å²) in [5.41, 5.74) is -0.605. The van der Waals surface area contributed by atoms with Gasteiger partial charge in [-0.1, -0.05) is 42.8 Å². The van der Waals surface area contributed by atoms with Crippen molar-refractivity contribution in [3.05, 3.63) is 119 Å². The SMILES string of the molecule is C#COc1ccc(C(=O)O)c(C(=O)OCOOCc2cc(OC#COc3ccccc3)ccc2C(=O)O)c1.Oc1ccccc1. The molecule has 0 amide bonds. The molecule has 0 unspecified atom stereocenters. The van der Waals surface area contributed by atoms with Crippen LogP contribution in [0.2, 0.25) is 0 Å². The van der Waals surface area contributed by atoms with E-state index in [1.165, 1.54) is 24.3 Å².